The van der Waals surface area contributed by atoms with Crippen molar-refractivity contribution in [2.24, 2.45) is 0 Å². The van der Waals surface area contributed by atoms with Crippen LogP contribution in [0.1, 0.15) is 16.8 Å². The molecule has 3 aromatic carbocycles. The highest BCUT2D eigenvalue weighted by atomic mass is 32.2. The smallest absolute Gasteiger partial charge is 0.191 e. The second kappa shape index (κ2) is 7.63. The first-order chi connectivity index (χ1) is 12.8. The van der Waals surface area contributed by atoms with Gasteiger partial charge >= 0.3 is 0 Å². The number of nitrogens with zero attached hydrogens (tertiary/aromatic N) is 1. The molecule has 0 aromatic heterocycles. The van der Waals surface area contributed by atoms with E-state index in [1.807, 2.05) is 66.9 Å². The average Bonchev–Trinajstić information content (AvgIpc) is 2.86. The Labute approximate surface area is 158 Å². The molecule has 0 bridgehead atoms. The number of Topliss-reactive ketones (excluding diaryl/α,β-unsaturated/α-hetero) is 1. The molecule has 4 rings (SSSR count). The molecule has 3 heteroatoms. The minimum Gasteiger partial charge on any atom is -0.317 e. The Balaban J connectivity index is 1.79. The molecule has 0 atom stereocenters. The van der Waals surface area contributed by atoms with Gasteiger partial charge < -0.3 is 4.90 Å². The number of rotatable bonds is 3. The van der Waals surface area contributed by atoms with Crippen LogP contribution in [0, 0.1) is 0 Å². The monoisotopic (exact) mass is 357 g/mol. The molecule has 2 nitrogen and oxygen atoms in total. The second-order valence-electron chi connectivity index (χ2n) is 6.12. The van der Waals surface area contributed by atoms with Gasteiger partial charge in [-0.2, -0.15) is 0 Å². The summed E-state index contributed by atoms with van der Waals surface area (Å²) >= 11 is 1.76. The van der Waals surface area contributed by atoms with Crippen LogP contribution in [0.2, 0.25) is 0 Å². The summed E-state index contributed by atoms with van der Waals surface area (Å²) in [5.41, 5.74) is 3.74. The summed E-state index contributed by atoms with van der Waals surface area (Å²) < 4.78 is 0. The fourth-order valence-electron chi connectivity index (χ4n) is 3.09. The maximum absolute atomic E-state index is 13.1. The lowest BCUT2D eigenvalue weighted by atomic mass is 10.0. The number of benzene rings is 3. The average molecular weight is 357 g/mol. The van der Waals surface area contributed by atoms with Crippen molar-refractivity contribution >= 4 is 28.9 Å². The van der Waals surface area contributed by atoms with Gasteiger partial charge in [-0.25, -0.2) is 0 Å². The normalized spacial score (nSPS) is 15.4. The minimum atomic E-state index is 0.127. The number of anilines is 2. The fourth-order valence-corrected chi connectivity index (χ4v) is 4.12. The number of allylic oxidation sites excluding steroid dienone is 1. The molecule has 1 heterocycles. The number of carbonyl (C=O) groups is 1. The number of para-hydroxylation sites is 2. The summed E-state index contributed by atoms with van der Waals surface area (Å²) in [7, 11) is 0. The van der Waals surface area contributed by atoms with Gasteiger partial charge in [0.2, 0.25) is 0 Å². The molecule has 128 valence electrons. The van der Waals surface area contributed by atoms with Crippen LogP contribution in [-0.2, 0) is 0 Å². The molecule has 0 unspecified atom stereocenters. The van der Waals surface area contributed by atoms with E-state index in [0.29, 0.717) is 0 Å². The van der Waals surface area contributed by atoms with Gasteiger partial charge in [0, 0.05) is 39.4 Å². The van der Waals surface area contributed by atoms with Crippen molar-refractivity contribution in [1.82, 2.24) is 0 Å². The molecule has 0 saturated carbocycles. The molecular weight excluding hydrogens is 338 g/mol. The number of ketones is 1. The van der Waals surface area contributed by atoms with Gasteiger partial charge in [-0.15, -0.1) is 11.8 Å². The predicted molar refractivity (Wildman–Crippen MR) is 109 cm³/mol. The summed E-state index contributed by atoms with van der Waals surface area (Å²) in [5.74, 6) is 1.04. The molecule has 0 aliphatic carbocycles. The fraction of sp³-hybridized carbons (Fsp3) is 0.0870. The van der Waals surface area contributed by atoms with Gasteiger partial charge in [0.25, 0.3) is 0 Å². The quantitative estimate of drug-likeness (QED) is 0.529. The van der Waals surface area contributed by atoms with E-state index in [2.05, 4.69) is 29.2 Å². The molecule has 0 radical (unpaired) electrons. The van der Waals surface area contributed by atoms with Crippen LogP contribution < -0.4 is 4.90 Å². The van der Waals surface area contributed by atoms with Gasteiger partial charge in [-0.05, 0) is 42.8 Å². The zero-order valence-corrected chi connectivity index (χ0v) is 15.2. The molecule has 1 aliphatic heterocycles. The Hall–Kier alpha value is -2.78. The largest absolute Gasteiger partial charge is 0.317 e. The molecule has 1 aliphatic rings. The van der Waals surface area contributed by atoms with E-state index in [-0.39, 0.29) is 5.78 Å². The first-order valence-electron chi connectivity index (χ1n) is 8.69. The minimum absolute atomic E-state index is 0.127. The Kier molecular flexibility index (Phi) is 4.89. The van der Waals surface area contributed by atoms with Crippen LogP contribution in [0.25, 0.3) is 0 Å². The van der Waals surface area contributed by atoms with Crippen molar-refractivity contribution < 1.29 is 4.79 Å². The summed E-state index contributed by atoms with van der Waals surface area (Å²) in [6.45, 7) is 0. The lowest BCUT2D eigenvalue weighted by molar-refractivity contribution is 0.102. The highest BCUT2D eigenvalue weighted by molar-refractivity contribution is 7.99. The maximum atomic E-state index is 13.1. The third-order valence-electron chi connectivity index (χ3n) is 4.41. The SMILES string of the molecule is O=C1/C(=C/N(c2ccccc2)c2ccccc2)CCSc2ccccc21. The molecule has 0 spiro atoms. The van der Waals surface area contributed by atoms with E-state index in [0.717, 1.165) is 39.6 Å². The van der Waals surface area contributed by atoms with Crippen molar-refractivity contribution in [1.29, 1.82) is 0 Å². The first kappa shape index (κ1) is 16.7. The van der Waals surface area contributed by atoms with Crippen molar-refractivity contribution in [2.45, 2.75) is 11.3 Å². The Bertz CT molecular complexity index is 895. The highest BCUT2D eigenvalue weighted by Gasteiger charge is 2.21. The van der Waals surface area contributed by atoms with Crippen molar-refractivity contribution in [2.75, 3.05) is 10.7 Å². The molecule has 3 aromatic rings. The third kappa shape index (κ3) is 3.44. The lowest BCUT2D eigenvalue weighted by Gasteiger charge is -2.22. The molecule has 0 fully saturated rings. The van der Waals surface area contributed by atoms with Crippen LogP contribution in [0.5, 0.6) is 0 Å². The topological polar surface area (TPSA) is 20.3 Å². The van der Waals surface area contributed by atoms with E-state index < -0.39 is 0 Å². The Morgan fingerprint density at radius 3 is 2.00 bits per heavy atom. The molecule has 0 saturated heterocycles. The molecular formula is C23H19NOS. The van der Waals surface area contributed by atoms with Crippen LogP contribution in [0.4, 0.5) is 11.4 Å². The van der Waals surface area contributed by atoms with E-state index in [1.165, 1.54) is 0 Å². The van der Waals surface area contributed by atoms with Crippen LogP contribution in [0.3, 0.4) is 0 Å². The van der Waals surface area contributed by atoms with Gasteiger partial charge in [0.1, 0.15) is 0 Å². The number of fused-ring (bicyclic) bond motifs is 1. The highest BCUT2D eigenvalue weighted by Crippen LogP contribution is 2.33. The molecule has 26 heavy (non-hydrogen) atoms. The molecule has 0 N–H and O–H groups in total. The number of carbonyl (C=O) groups excluding carboxylic acids is 1. The van der Waals surface area contributed by atoms with Crippen molar-refractivity contribution in [3.05, 3.63) is 102 Å². The van der Waals surface area contributed by atoms with Gasteiger partial charge in [-0.3, -0.25) is 4.79 Å². The van der Waals surface area contributed by atoms with Crippen molar-refractivity contribution in [3.63, 3.8) is 0 Å². The standard InChI is InChI=1S/C23H19NOS/c25-23-18(15-16-26-22-14-8-7-13-21(22)23)17-24(19-9-3-1-4-10-19)20-11-5-2-6-12-20/h1-14,17H,15-16H2/b18-17+. The molecule has 0 amide bonds. The van der Waals surface area contributed by atoms with Crippen LogP contribution in [-0.4, -0.2) is 11.5 Å². The summed E-state index contributed by atoms with van der Waals surface area (Å²) in [6, 6.07) is 28.2. The zero-order valence-electron chi connectivity index (χ0n) is 14.3. The summed E-state index contributed by atoms with van der Waals surface area (Å²) in [4.78, 5) is 16.3. The Morgan fingerprint density at radius 2 is 1.35 bits per heavy atom. The summed E-state index contributed by atoms with van der Waals surface area (Å²) in [6.07, 6.45) is 2.77. The third-order valence-corrected chi connectivity index (χ3v) is 5.48. The van der Waals surface area contributed by atoms with E-state index in [9.17, 15) is 4.79 Å². The first-order valence-corrected chi connectivity index (χ1v) is 9.68. The number of hydrogen-bond acceptors (Lipinski definition) is 3. The van der Waals surface area contributed by atoms with Crippen LogP contribution in [0.15, 0.2) is 102 Å². The van der Waals surface area contributed by atoms with Gasteiger partial charge in [-0.1, -0.05) is 48.5 Å². The predicted octanol–water partition coefficient (Wildman–Crippen LogP) is 6.09. The van der Waals surface area contributed by atoms with Crippen LogP contribution >= 0.6 is 11.8 Å². The zero-order chi connectivity index (χ0) is 17.8. The van der Waals surface area contributed by atoms with E-state index in [1.54, 1.807) is 11.8 Å². The number of thioether (sulfide) groups is 1. The van der Waals surface area contributed by atoms with Gasteiger partial charge in [0.15, 0.2) is 5.78 Å². The number of hydrogen-bond donors (Lipinski definition) is 0. The van der Waals surface area contributed by atoms with E-state index >= 15 is 0 Å². The maximum Gasteiger partial charge on any atom is 0.191 e. The Morgan fingerprint density at radius 1 is 0.769 bits per heavy atom. The summed E-state index contributed by atoms with van der Waals surface area (Å²) in [5, 5.41) is 0. The second-order valence-corrected chi connectivity index (χ2v) is 7.26. The van der Waals surface area contributed by atoms with Crippen molar-refractivity contribution in [3.8, 4) is 0 Å². The lowest BCUT2D eigenvalue weighted by Crippen LogP contribution is -2.13. The van der Waals surface area contributed by atoms with Gasteiger partial charge in [0.05, 0.1) is 0 Å². The van der Waals surface area contributed by atoms with E-state index in [4.69, 9.17) is 0 Å².